The highest BCUT2D eigenvalue weighted by Gasteiger charge is 2.24. The van der Waals surface area contributed by atoms with Gasteiger partial charge in [0.15, 0.2) is 0 Å². The van der Waals surface area contributed by atoms with Crippen LogP contribution in [0.2, 0.25) is 0 Å². The Morgan fingerprint density at radius 3 is 2.65 bits per heavy atom. The minimum atomic E-state index is 0.0440. The lowest BCUT2D eigenvalue weighted by molar-refractivity contribution is -0.117. The molecular weight excluding hydrogens is 444 g/mol. The zero-order valence-electron chi connectivity index (χ0n) is 20.1. The number of nitrogens with zero attached hydrogens (tertiary/aromatic N) is 4. The molecule has 1 fully saturated rings. The van der Waals surface area contributed by atoms with Crippen molar-refractivity contribution in [3.05, 3.63) is 46.1 Å². The number of rotatable bonds is 6. The first-order valence-corrected chi connectivity index (χ1v) is 13.1. The zero-order valence-corrected chi connectivity index (χ0v) is 21.0. The third-order valence-corrected chi connectivity index (χ3v) is 8.20. The fraction of sp³-hybridized carbons (Fsp3) is 0.500. The van der Waals surface area contributed by atoms with Crippen molar-refractivity contribution < 1.29 is 4.79 Å². The summed E-state index contributed by atoms with van der Waals surface area (Å²) in [5.41, 5.74) is 9.83. The van der Waals surface area contributed by atoms with Gasteiger partial charge in [0, 0.05) is 49.7 Å². The summed E-state index contributed by atoms with van der Waals surface area (Å²) in [5.74, 6) is 2.28. The van der Waals surface area contributed by atoms with E-state index in [1.807, 2.05) is 42.5 Å². The number of nitrogens with one attached hydrogen (secondary N) is 1. The van der Waals surface area contributed by atoms with Gasteiger partial charge in [-0.25, -0.2) is 9.97 Å². The first-order chi connectivity index (χ1) is 16.4. The molecule has 1 aromatic carbocycles. The molecular formula is C26H34N6OS. The molecule has 180 valence electrons. The van der Waals surface area contributed by atoms with Crippen LogP contribution in [-0.2, 0) is 24.1 Å². The number of fused-ring (bicyclic) bond motifs is 3. The molecule has 5 rings (SSSR count). The number of thiophene rings is 1. The molecule has 0 radical (unpaired) electrons. The molecule has 8 heteroatoms. The molecule has 1 aliphatic heterocycles. The molecule has 3 heterocycles. The van der Waals surface area contributed by atoms with E-state index in [9.17, 15) is 4.79 Å². The van der Waals surface area contributed by atoms with Crippen LogP contribution in [0.15, 0.2) is 24.3 Å². The van der Waals surface area contributed by atoms with Crippen LogP contribution < -0.4 is 11.1 Å². The number of aryl methyl sites for hydroxylation is 2. The van der Waals surface area contributed by atoms with Gasteiger partial charge in [-0.05, 0) is 49.8 Å². The van der Waals surface area contributed by atoms with E-state index in [0.29, 0.717) is 12.4 Å². The summed E-state index contributed by atoms with van der Waals surface area (Å²) in [7, 11) is 0. The number of carbonyl (C=O) groups excluding carboxylic acids is 1. The normalized spacial score (nSPS) is 19.3. The van der Waals surface area contributed by atoms with Gasteiger partial charge < -0.3 is 16.0 Å². The lowest BCUT2D eigenvalue weighted by Gasteiger charge is -2.34. The number of aromatic nitrogens is 2. The number of benzene rings is 1. The van der Waals surface area contributed by atoms with E-state index >= 15 is 0 Å². The van der Waals surface area contributed by atoms with Gasteiger partial charge in [0.1, 0.15) is 16.5 Å². The standard InChI is InChI=1S/C26H34N6OS/c1-17-3-6-19(7-4-17)28-23(33)16-32-13-11-31(12-14-32)10-9-22-29-25(27)24-20-8-5-18(2)15-21(20)34-26(24)30-22/h3-4,6-7,18H,5,8-16H2,1-2H3,(H,28,33)(H2,27,29,30)/t18-/m1/s1. The Labute approximate surface area is 205 Å². The summed E-state index contributed by atoms with van der Waals surface area (Å²) in [6.07, 6.45) is 4.25. The molecule has 1 amide bonds. The molecule has 0 spiro atoms. The second-order valence-corrected chi connectivity index (χ2v) is 10.9. The van der Waals surface area contributed by atoms with Gasteiger partial charge in [-0.15, -0.1) is 11.3 Å². The fourth-order valence-corrected chi connectivity index (χ4v) is 6.41. The number of hydrogen-bond acceptors (Lipinski definition) is 7. The Kier molecular flexibility index (Phi) is 6.81. The van der Waals surface area contributed by atoms with Gasteiger partial charge in [0.2, 0.25) is 5.91 Å². The lowest BCUT2D eigenvalue weighted by atomic mass is 9.89. The number of carbonyl (C=O) groups is 1. The number of hydrogen-bond donors (Lipinski definition) is 2. The predicted octanol–water partition coefficient (Wildman–Crippen LogP) is 3.51. The molecule has 3 N–H and O–H groups in total. The summed E-state index contributed by atoms with van der Waals surface area (Å²) >= 11 is 1.81. The van der Waals surface area contributed by atoms with E-state index < -0.39 is 0 Å². The van der Waals surface area contributed by atoms with E-state index in [1.54, 1.807) is 0 Å². The number of anilines is 2. The van der Waals surface area contributed by atoms with Crippen LogP contribution in [0.3, 0.4) is 0 Å². The maximum atomic E-state index is 12.4. The first kappa shape index (κ1) is 23.2. The van der Waals surface area contributed by atoms with Gasteiger partial charge in [-0.1, -0.05) is 24.6 Å². The van der Waals surface area contributed by atoms with E-state index in [1.165, 1.54) is 22.4 Å². The molecule has 2 aromatic heterocycles. The topological polar surface area (TPSA) is 87.4 Å². The van der Waals surface area contributed by atoms with Gasteiger partial charge in [-0.3, -0.25) is 9.69 Å². The van der Waals surface area contributed by atoms with Crippen molar-refractivity contribution in [1.29, 1.82) is 0 Å². The number of nitrogen functional groups attached to an aromatic ring is 1. The average molecular weight is 479 g/mol. The molecule has 1 aliphatic carbocycles. The average Bonchev–Trinajstić information content (AvgIpc) is 3.18. The molecule has 0 unspecified atom stereocenters. The smallest absolute Gasteiger partial charge is 0.238 e. The third-order valence-electron chi connectivity index (χ3n) is 7.05. The molecule has 34 heavy (non-hydrogen) atoms. The highest BCUT2D eigenvalue weighted by Crippen LogP contribution is 2.39. The van der Waals surface area contributed by atoms with Crippen molar-refractivity contribution in [2.24, 2.45) is 5.92 Å². The third kappa shape index (κ3) is 5.24. The van der Waals surface area contributed by atoms with Crippen LogP contribution in [0.25, 0.3) is 10.2 Å². The maximum absolute atomic E-state index is 12.4. The van der Waals surface area contributed by atoms with Crippen LogP contribution in [0.5, 0.6) is 0 Å². The van der Waals surface area contributed by atoms with Crippen LogP contribution in [-0.4, -0.2) is 64.9 Å². The first-order valence-electron chi connectivity index (χ1n) is 12.3. The van der Waals surface area contributed by atoms with E-state index in [2.05, 4.69) is 27.0 Å². The summed E-state index contributed by atoms with van der Waals surface area (Å²) in [6.45, 7) is 9.37. The summed E-state index contributed by atoms with van der Waals surface area (Å²) in [6, 6.07) is 7.92. The lowest BCUT2D eigenvalue weighted by Crippen LogP contribution is -2.49. The van der Waals surface area contributed by atoms with Crippen molar-refractivity contribution in [3.8, 4) is 0 Å². The Balaban J connectivity index is 1.11. The summed E-state index contributed by atoms with van der Waals surface area (Å²) in [4.78, 5) is 29.1. The SMILES string of the molecule is Cc1ccc(NC(=O)CN2CCN(CCc3nc(N)c4c5c(sc4n3)C[C@H](C)CC5)CC2)cc1. The molecule has 2 aliphatic rings. The van der Waals surface area contributed by atoms with Crippen LogP contribution in [0.4, 0.5) is 11.5 Å². The van der Waals surface area contributed by atoms with Gasteiger partial charge in [-0.2, -0.15) is 0 Å². The Morgan fingerprint density at radius 2 is 1.88 bits per heavy atom. The second-order valence-electron chi connectivity index (χ2n) is 9.84. The van der Waals surface area contributed by atoms with Crippen molar-refractivity contribution in [1.82, 2.24) is 19.8 Å². The van der Waals surface area contributed by atoms with Crippen LogP contribution in [0.1, 0.15) is 35.2 Å². The van der Waals surface area contributed by atoms with E-state index in [0.717, 1.165) is 79.6 Å². The zero-order chi connectivity index (χ0) is 23.7. The largest absolute Gasteiger partial charge is 0.383 e. The molecule has 1 atom stereocenters. The van der Waals surface area contributed by atoms with Gasteiger partial charge >= 0.3 is 0 Å². The maximum Gasteiger partial charge on any atom is 0.238 e. The highest BCUT2D eigenvalue weighted by molar-refractivity contribution is 7.19. The predicted molar refractivity (Wildman–Crippen MR) is 139 cm³/mol. The van der Waals surface area contributed by atoms with Crippen LogP contribution >= 0.6 is 11.3 Å². The Hall–Kier alpha value is -2.55. The summed E-state index contributed by atoms with van der Waals surface area (Å²) < 4.78 is 0. The van der Waals surface area contributed by atoms with Gasteiger partial charge in [0.05, 0.1) is 11.9 Å². The monoisotopic (exact) mass is 478 g/mol. The Bertz CT molecular complexity index is 1170. The Morgan fingerprint density at radius 1 is 1.15 bits per heavy atom. The molecule has 0 saturated carbocycles. The molecule has 0 bridgehead atoms. The van der Waals surface area contributed by atoms with Gasteiger partial charge in [0.25, 0.3) is 0 Å². The van der Waals surface area contributed by atoms with Crippen molar-refractivity contribution in [3.63, 3.8) is 0 Å². The summed E-state index contributed by atoms with van der Waals surface area (Å²) in [5, 5.41) is 4.10. The fourth-order valence-electron chi connectivity index (χ4n) is 5.00. The highest BCUT2D eigenvalue weighted by atomic mass is 32.1. The second kappa shape index (κ2) is 9.98. The van der Waals surface area contributed by atoms with Crippen LogP contribution in [0, 0.1) is 12.8 Å². The minimum Gasteiger partial charge on any atom is -0.383 e. The number of nitrogens with two attached hydrogens (primary N) is 1. The van der Waals surface area contributed by atoms with Crippen molar-refractivity contribution in [2.45, 2.75) is 39.5 Å². The number of piperazine rings is 1. The van der Waals surface area contributed by atoms with Crippen molar-refractivity contribution in [2.75, 3.05) is 50.3 Å². The minimum absolute atomic E-state index is 0.0440. The molecule has 1 saturated heterocycles. The number of amides is 1. The quantitative estimate of drug-likeness (QED) is 0.564. The van der Waals surface area contributed by atoms with E-state index in [4.69, 9.17) is 10.7 Å². The molecule has 3 aromatic rings. The van der Waals surface area contributed by atoms with E-state index in [-0.39, 0.29) is 5.91 Å². The van der Waals surface area contributed by atoms with Crippen molar-refractivity contribution >= 4 is 39.0 Å². The molecule has 7 nitrogen and oxygen atoms in total.